The number of thiophene rings is 1. The molecular weight excluding hydrogens is 442 g/mol. The van der Waals surface area contributed by atoms with E-state index in [1.165, 1.54) is 26.8 Å². The maximum atomic E-state index is 13.1. The SMILES string of the molecule is CCc1cccc(CC)c1NC(=O)CN1CCCN(C(=O)Cc2sc3ccccc3c2C)CC1. The van der Waals surface area contributed by atoms with Crippen LogP contribution in [0.4, 0.5) is 5.69 Å². The van der Waals surface area contributed by atoms with Gasteiger partial charge in [-0.2, -0.15) is 0 Å². The summed E-state index contributed by atoms with van der Waals surface area (Å²) in [4.78, 5) is 31.3. The van der Waals surface area contributed by atoms with Crippen LogP contribution in [-0.2, 0) is 28.9 Å². The highest BCUT2D eigenvalue weighted by atomic mass is 32.1. The number of hydrogen-bond donors (Lipinski definition) is 1. The van der Waals surface area contributed by atoms with E-state index in [2.05, 4.69) is 67.4 Å². The van der Waals surface area contributed by atoms with E-state index in [1.807, 2.05) is 11.0 Å². The molecule has 0 atom stereocenters. The van der Waals surface area contributed by atoms with Crippen LogP contribution in [0, 0.1) is 6.92 Å². The van der Waals surface area contributed by atoms with Gasteiger partial charge < -0.3 is 10.2 Å². The number of para-hydroxylation sites is 1. The van der Waals surface area contributed by atoms with Gasteiger partial charge in [0.25, 0.3) is 0 Å². The van der Waals surface area contributed by atoms with Gasteiger partial charge in [-0.05, 0) is 54.3 Å². The van der Waals surface area contributed by atoms with Crippen LogP contribution in [0.5, 0.6) is 0 Å². The summed E-state index contributed by atoms with van der Waals surface area (Å²) in [6, 6.07) is 14.6. The van der Waals surface area contributed by atoms with Crippen LogP contribution in [0.2, 0.25) is 0 Å². The molecule has 0 spiro atoms. The molecule has 0 aliphatic carbocycles. The number of nitrogens with zero attached hydrogens (tertiary/aromatic N) is 2. The van der Waals surface area contributed by atoms with Gasteiger partial charge in [0.2, 0.25) is 11.8 Å². The Labute approximate surface area is 206 Å². The first-order valence-corrected chi connectivity index (χ1v) is 13.2. The zero-order valence-corrected chi connectivity index (χ0v) is 21.3. The predicted octanol–water partition coefficient (Wildman–Crippen LogP) is 5.05. The molecule has 180 valence electrons. The highest BCUT2D eigenvalue weighted by Crippen LogP contribution is 2.31. The number of anilines is 1. The number of carbonyl (C=O) groups excluding carboxylic acids is 2. The maximum absolute atomic E-state index is 13.1. The lowest BCUT2D eigenvalue weighted by Gasteiger charge is -2.22. The molecule has 4 rings (SSSR count). The van der Waals surface area contributed by atoms with E-state index in [9.17, 15) is 9.59 Å². The van der Waals surface area contributed by atoms with Crippen molar-refractivity contribution in [2.45, 2.75) is 46.5 Å². The Morgan fingerprint density at radius 1 is 0.941 bits per heavy atom. The van der Waals surface area contributed by atoms with Gasteiger partial charge in [0.1, 0.15) is 0 Å². The van der Waals surface area contributed by atoms with Crippen molar-refractivity contribution in [3.63, 3.8) is 0 Å². The van der Waals surface area contributed by atoms with Crippen molar-refractivity contribution in [2.75, 3.05) is 38.0 Å². The minimum absolute atomic E-state index is 0.0243. The molecule has 0 radical (unpaired) electrons. The van der Waals surface area contributed by atoms with Crippen LogP contribution < -0.4 is 5.32 Å². The standard InChI is InChI=1S/C28H35N3O2S/c1-4-21-10-8-11-22(5-2)28(21)29-26(32)19-30-14-9-15-31(17-16-30)27(33)18-25-20(3)23-12-6-7-13-24(23)34-25/h6-8,10-13H,4-5,9,14-19H2,1-3H3,(H,29,32). The van der Waals surface area contributed by atoms with Crippen molar-refractivity contribution in [1.82, 2.24) is 9.80 Å². The molecule has 1 N–H and O–H groups in total. The first-order valence-electron chi connectivity index (χ1n) is 12.4. The highest BCUT2D eigenvalue weighted by Gasteiger charge is 2.22. The van der Waals surface area contributed by atoms with Crippen molar-refractivity contribution in [3.8, 4) is 0 Å². The zero-order chi connectivity index (χ0) is 24.1. The van der Waals surface area contributed by atoms with Gasteiger partial charge in [-0.3, -0.25) is 14.5 Å². The smallest absolute Gasteiger partial charge is 0.238 e. The van der Waals surface area contributed by atoms with Crippen molar-refractivity contribution < 1.29 is 9.59 Å². The largest absolute Gasteiger partial charge is 0.341 e. The normalized spacial score (nSPS) is 14.9. The minimum atomic E-state index is 0.0243. The Morgan fingerprint density at radius 3 is 2.38 bits per heavy atom. The molecule has 1 saturated heterocycles. The molecule has 0 saturated carbocycles. The van der Waals surface area contributed by atoms with E-state index in [0.717, 1.165) is 49.5 Å². The van der Waals surface area contributed by atoms with Crippen LogP contribution in [-0.4, -0.2) is 54.3 Å². The summed E-state index contributed by atoms with van der Waals surface area (Å²) in [6.07, 6.45) is 3.13. The topological polar surface area (TPSA) is 52.7 Å². The predicted molar refractivity (Wildman–Crippen MR) is 142 cm³/mol. The number of fused-ring (bicyclic) bond motifs is 1. The Kier molecular flexibility index (Phi) is 8.01. The maximum Gasteiger partial charge on any atom is 0.238 e. The van der Waals surface area contributed by atoms with Crippen molar-refractivity contribution in [2.24, 2.45) is 0 Å². The van der Waals surface area contributed by atoms with Crippen molar-refractivity contribution >= 4 is 38.9 Å². The summed E-state index contributed by atoms with van der Waals surface area (Å²) in [6.45, 7) is 9.68. The molecule has 0 unspecified atom stereocenters. The molecule has 0 bridgehead atoms. The van der Waals surface area contributed by atoms with E-state index < -0.39 is 0 Å². The highest BCUT2D eigenvalue weighted by molar-refractivity contribution is 7.19. The van der Waals surface area contributed by atoms with Gasteiger partial charge in [0.15, 0.2) is 0 Å². The quantitative estimate of drug-likeness (QED) is 0.518. The van der Waals surface area contributed by atoms with E-state index in [1.54, 1.807) is 11.3 Å². The number of carbonyl (C=O) groups is 2. The van der Waals surface area contributed by atoms with Gasteiger partial charge in [-0.15, -0.1) is 11.3 Å². The Hall–Kier alpha value is -2.70. The second-order valence-electron chi connectivity index (χ2n) is 9.04. The lowest BCUT2D eigenvalue weighted by atomic mass is 10.0. The second kappa shape index (κ2) is 11.2. The Morgan fingerprint density at radius 2 is 1.68 bits per heavy atom. The minimum Gasteiger partial charge on any atom is -0.341 e. The average molecular weight is 478 g/mol. The number of hydrogen-bond acceptors (Lipinski definition) is 4. The van der Waals surface area contributed by atoms with Crippen LogP contribution in [0.15, 0.2) is 42.5 Å². The molecule has 1 aliphatic heterocycles. The third-order valence-electron chi connectivity index (χ3n) is 6.83. The molecule has 1 aromatic heterocycles. The van der Waals surface area contributed by atoms with E-state index in [-0.39, 0.29) is 11.8 Å². The molecular formula is C28H35N3O2S. The lowest BCUT2D eigenvalue weighted by Crippen LogP contribution is -2.38. The van der Waals surface area contributed by atoms with Crippen LogP contribution in [0.1, 0.15) is 41.8 Å². The van der Waals surface area contributed by atoms with E-state index in [0.29, 0.717) is 19.5 Å². The number of rotatable bonds is 7. The van der Waals surface area contributed by atoms with Crippen LogP contribution >= 0.6 is 11.3 Å². The molecule has 1 fully saturated rings. The van der Waals surface area contributed by atoms with Crippen LogP contribution in [0.3, 0.4) is 0 Å². The van der Waals surface area contributed by atoms with Gasteiger partial charge in [-0.25, -0.2) is 0 Å². The molecule has 3 aromatic rings. The Balaban J connectivity index is 1.34. The van der Waals surface area contributed by atoms with Gasteiger partial charge in [0.05, 0.1) is 13.0 Å². The summed E-state index contributed by atoms with van der Waals surface area (Å²) in [5, 5.41) is 4.42. The summed E-state index contributed by atoms with van der Waals surface area (Å²) < 4.78 is 1.24. The fourth-order valence-corrected chi connectivity index (χ4v) is 6.01. The first-order chi connectivity index (χ1) is 16.5. The lowest BCUT2D eigenvalue weighted by molar-refractivity contribution is -0.130. The average Bonchev–Trinajstić information content (AvgIpc) is 2.99. The van der Waals surface area contributed by atoms with E-state index in [4.69, 9.17) is 0 Å². The first kappa shape index (κ1) is 24.4. The zero-order valence-electron chi connectivity index (χ0n) is 20.5. The molecule has 1 aliphatic rings. The summed E-state index contributed by atoms with van der Waals surface area (Å²) >= 11 is 1.73. The number of benzene rings is 2. The number of aryl methyl sites for hydroxylation is 3. The molecule has 2 heterocycles. The third kappa shape index (κ3) is 5.50. The molecule has 2 amide bonds. The number of nitrogens with one attached hydrogen (secondary N) is 1. The molecule has 6 heteroatoms. The second-order valence-corrected chi connectivity index (χ2v) is 10.2. The fraction of sp³-hybridized carbons (Fsp3) is 0.429. The summed E-state index contributed by atoms with van der Waals surface area (Å²) in [5.74, 6) is 0.210. The fourth-order valence-electron chi connectivity index (χ4n) is 4.81. The molecule has 34 heavy (non-hydrogen) atoms. The van der Waals surface area contributed by atoms with Gasteiger partial charge in [0, 0.05) is 41.4 Å². The third-order valence-corrected chi connectivity index (χ3v) is 8.10. The van der Waals surface area contributed by atoms with Gasteiger partial charge in [-0.1, -0.05) is 50.2 Å². The van der Waals surface area contributed by atoms with Crippen molar-refractivity contribution in [3.05, 3.63) is 64.0 Å². The monoisotopic (exact) mass is 477 g/mol. The summed E-state index contributed by atoms with van der Waals surface area (Å²) in [7, 11) is 0. The molecule has 2 aromatic carbocycles. The summed E-state index contributed by atoms with van der Waals surface area (Å²) in [5.41, 5.74) is 4.55. The van der Waals surface area contributed by atoms with Crippen molar-refractivity contribution in [1.29, 1.82) is 0 Å². The molecule has 5 nitrogen and oxygen atoms in total. The van der Waals surface area contributed by atoms with Crippen LogP contribution in [0.25, 0.3) is 10.1 Å². The Bertz CT molecular complexity index is 1150. The number of amides is 2. The van der Waals surface area contributed by atoms with E-state index >= 15 is 0 Å². The van der Waals surface area contributed by atoms with Gasteiger partial charge >= 0.3 is 0 Å².